The van der Waals surface area contributed by atoms with Gasteiger partial charge >= 0.3 is 0 Å². The van der Waals surface area contributed by atoms with Crippen LogP contribution in [-0.2, 0) is 0 Å². The summed E-state index contributed by atoms with van der Waals surface area (Å²) in [5, 5.41) is 0. The Kier molecular flexibility index (Phi) is 4.50. The number of benzene rings is 1. The highest BCUT2D eigenvalue weighted by molar-refractivity contribution is 9.10. The van der Waals surface area contributed by atoms with Gasteiger partial charge in [-0.2, -0.15) is 0 Å². The second-order valence-electron chi connectivity index (χ2n) is 3.98. The Balaban J connectivity index is 2.97. The van der Waals surface area contributed by atoms with Gasteiger partial charge in [0.25, 0.3) is 0 Å². The molecule has 1 aromatic rings. The molecule has 0 aliphatic heterocycles. The van der Waals surface area contributed by atoms with Crippen LogP contribution in [0.4, 0.5) is 0 Å². The van der Waals surface area contributed by atoms with Gasteiger partial charge in [-0.05, 0) is 40.0 Å². The molecule has 2 N–H and O–H groups in total. The molecule has 88 valence electrons. The van der Waals surface area contributed by atoms with Gasteiger partial charge in [-0.1, -0.05) is 13.8 Å². The average Bonchev–Trinajstić information content (AvgIpc) is 2.26. The van der Waals surface area contributed by atoms with E-state index in [0.29, 0.717) is 11.3 Å². The van der Waals surface area contributed by atoms with Gasteiger partial charge < -0.3 is 10.5 Å². The van der Waals surface area contributed by atoms with Gasteiger partial charge in [-0.3, -0.25) is 4.79 Å². The lowest BCUT2D eigenvalue weighted by Crippen LogP contribution is -2.35. The van der Waals surface area contributed by atoms with Crippen LogP contribution in [0.1, 0.15) is 24.2 Å². The summed E-state index contributed by atoms with van der Waals surface area (Å²) in [5.74, 6) is 0.793. The highest BCUT2D eigenvalue weighted by Gasteiger charge is 2.19. The van der Waals surface area contributed by atoms with Crippen molar-refractivity contribution in [2.45, 2.75) is 19.9 Å². The van der Waals surface area contributed by atoms with E-state index in [0.717, 1.165) is 4.47 Å². The van der Waals surface area contributed by atoms with Crippen molar-refractivity contribution >= 4 is 21.7 Å². The molecule has 0 heterocycles. The smallest absolute Gasteiger partial charge is 0.179 e. The van der Waals surface area contributed by atoms with E-state index in [1.807, 2.05) is 13.8 Å². The lowest BCUT2D eigenvalue weighted by Gasteiger charge is -2.14. The van der Waals surface area contributed by atoms with Crippen molar-refractivity contribution < 1.29 is 9.53 Å². The van der Waals surface area contributed by atoms with Crippen molar-refractivity contribution in [1.29, 1.82) is 0 Å². The van der Waals surface area contributed by atoms with E-state index in [1.165, 1.54) is 0 Å². The summed E-state index contributed by atoms with van der Waals surface area (Å²) in [6, 6.07) is 4.77. The minimum absolute atomic E-state index is 0.0432. The van der Waals surface area contributed by atoms with Crippen molar-refractivity contribution in [3.05, 3.63) is 28.2 Å². The summed E-state index contributed by atoms with van der Waals surface area (Å²) < 4.78 is 5.86. The molecule has 0 fully saturated rings. The maximum absolute atomic E-state index is 12.0. The van der Waals surface area contributed by atoms with Gasteiger partial charge in [0.15, 0.2) is 5.78 Å². The zero-order valence-corrected chi connectivity index (χ0v) is 11.2. The second-order valence-corrected chi connectivity index (χ2v) is 4.84. The third-order valence-electron chi connectivity index (χ3n) is 2.46. The van der Waals surface area contributed by atoms with Crippen molar-refractivity contribution in [2.24, 2.45) is 11.7 Å². The van der Waals surface area contributed by atoms with Gasteiger partial charge in [-0.25, -0.2) is 0 Å². The van der Waals surface area contributed by atoms with Crippen LogP contribution in [0.15, 0.2) is 22.7 Å². The third-order valence-corrected chi connectivity index (χ3v) is 3.08. The number of Topliss-reactive ketones (excluding diaryl/α,β-unsaturated/α-hetero) is 1. The Hall–Kier alpha value is -0.870. The first kappa shape index (κ1) is 13.2. The van der Waals surface area contributed by atoms with Crippen molar-refractivity contribution in [2.75, 3.05) is 7.11 Å². The molecule has 1 aromatic carbocycles. The summed E-state index contributed by atoms with van der Waals surface area (Å²) in [6.45, 7) is 3.86. The van der Waals surface area contributed by atoms with E-state index in [-0.39, 0.29) is 11.7 Å². The first-order chi connectivity index (χ1) is 7.47. The van der Waals surface area contributed by atoms with Crippen LogP contribution in [0, 0.1) is 5.92 Å². The molecule has 0 aromatic heterocycles. The SMILES string of the molecule is COc1ccc(C(=O)C(N)C(C)C)cc1Br. The number of rotatable bonds is 4. The third kappa shape index (κ3) is 2.83. The average molecular weight is 286 g/mol. The highest BCUT2D eigenvalue weighted by Crippen LogP contribution is 2.26. The zero-order chi connectivity index (χ0) is 12.3. The van der Waals surface area contributed by atoms with Gasteiger partial charge in [-0.15, -0.1) is 0 Å². The maximum atomic E-state index is 12.0. The fraction of sp³-hybridized carbons (Fsp3) is 0.417. The van der Waals surface area contributed by atoms with E-state index >= 15 is 0 Å². The lowest BCUT2D eigenvalue weighted by molar-refractivity contribution is 0.0940. The Morgan fingerprint density at radius 3 is 2.50 bits per heavy atom. The molecule has 4 heteroatoms. The van der Waals surface area contributed by atoms with E-state index in [4.69, 9.17) is 10.5 Å². The predicted molar refractivity (Wildman–Crippen MR) is 67.8 cm³/mol. The van der Waals surface area contributed by atoms with Crippen LogP contribution in [0.3, 0.4) is 0 Å². The summed E-state index contributed by atoms with van der Waals surface area (Å²) in [6.07, 6.45) is 0. The quantitative estimate of drug-likeness (QED) is 0.866. The summed E-state index contributed by atoms with van der Waals surface area (Å²) >= 11 is 3.34. The molecule has 1 atom stereocenters. The number of carbonyl (C=O) groups is 1. The lowest BCUT2D eigenvalue weighted by atomic mass is 9.96. The molecule has 0 aliphatic rings. The molecule has 0 saturated heterocycles. The van der Waals surface area contributed by atoms with Gasteiger partial charge in [0, 0.05) is 5.56 Å². The van der Waals surface area contributed by atoms with Gasteiger partial charge in [0.1, 0.15) is 5.75 Å². The van der Waals surface area contributed by atoms with Crippen molar-refractivity contribution in [3.63, 3.8) is 0 Å². The molecule has 3 nitrogen and oxygen atoms in total. The molecular formula is C12H16BrNO2. The number of carbonyl (C=O) groups excluding carboxylic acids is 1. The number of hydrogen-bond donors (Lipinski definition) is 1. The van der Waals surface area contributed by atoms with Crippen LogP contribution in [0.5, 0.6) is 5.75 Å². The number of halogens is 1. The van der Waals surface area contributed by atoms with Crippen LogP contribution in [0.25, 0.3) is 0 Å². The Morgan fingerprint density at radius 2 is 2.06 bits per heavy atom. The molecule has 0 saturated carbocycles. The number of ether oxygens (including phenoxy) is 1. The molecule has 1 unspecified atom stereocenters. The molecular weight excluding hydrogens is 270 g/mol. The first-order valence-corrected chi connectivity index (χ1v) is 5.90. The largest absolute Gasteiger partial charge is 0.496 e. The molecule has 0 spiro atoms. The van der Waals surface area contributed by atoms with Crippen LogP contribution in [-0.4, -0.2) is 18.9 Å². The van der Waals surface area contributed by atoms with Crippen LogP contribution in [0.2, 0.25) is 0 Å². The maximum Gasteiger partial charge on any atom is 0.179 e. The molecule has 16 heavy (non-hydrogen) atoms. The standard InChI is InChI=1S/C12H16BrNO2/c1-7(2)11(14)12(15)8-4-5-10(16-3)9(13)6-8/h4-7,11H,14H2,1-3H3. The van der Waals surface area contributed by atoms with Gasteiger partial charge in [0.2, 0.25) is 0 Å². The van der Waals surface area contributed by atoms with E-state index in [9.17, 15) is 4.79 Å². The number of hydrogen-bond acceptors (Lipinski definition) is 3. The normalized spacial score (nSPS) is 12.6. The Bertz CT molecular complexity index is 391. The van der Waals surface area contributed by atoms with E-state index < -0.39 is 6.04 Å². The van der Waals surface area contributed by atoms with Crippen molar-refractivity contribution in [1.82, 2.24) is 0 Å². The fourth-order valence-corrected chi connectivity index (χ4v) is 1.86. The number of nitrogens with two attached hydrogens (primary N) is 1. The van der Waals surface area contributed by atoms with E-state index in [1.54, 1.807) is 25.3 Å². The zero-order valence-electron chi connectivity index (χ0n) is 9.66. The van der Waals surface area contributed by atoms with Crippen LogP contribution < -0.4 is 10.5 Å². The fourth-order valence-electron chi connectivity index (χ4n) is 1.31. The monoisotopic (exact) mass is 285 g/mol. The topological polar surface area (TPSA) is 52.3 Å². The van der Waals surface area contributed by atoms with E-state index in [2.05, 4.69) is 15.9 Å². The Labute approximate surface area is 104 Å². The highest BCUT2D eigenvalue weighted by atomic mass is 79.9. The predicted octanol–water partition coefficient (Wildman–Crippen LogP) is 2.62. The van der Waals surface area contributed by atoms with Crippen molar-refractivity contribution in [3.8, 4) is 5.75 Å². The second kappa shape index (κ2) is 5.46. The molecule has 0 amide bonds. The number of ketones is 1. The minimum Gasteiger partial charge on any atom is -0.496 e. The molecule has 1 rings (SSSR count). The number of methoxy groups -OCH3 is 1. The van der Waals surface area contributed by atoms with Crippen LogP contribution >= 0.6 is 15.9 Å². The minimum atomic E-state index is -0.458. The van der Waals surface area contributed by atoms with Gasteiger partial charge in [0.05, 0.1) is 17.6 Å². The first-order valence-electron chi connectivity index (χ1n) is 5.10. The summed E-state index contributed by atoms with van der Waals surface area (Å²) in [5.41, 5.74) is 6.42. The summed E-state index contributed by atoms with van der Waals surface area (Å²) in [7, 11) is 1.58. The molecule has 0 bridgehead atoms. The summed E-state index contributed by atoms with van der Waals surface area (Å²) in [4.78, 5) is 12.0. The Morgan fingerprint density at radius 1 is 1.44 bits per heavy atom. The molecule has 0 aliphatic carbocycles. The molecule has 0 radical (unpaired) electrons.